The van der Waals surface area contributed by atoms with Crippen molar-refractivity contribution in [2.75, 3.05) is 32.8 Å². The van der Waals surface area contributed by atoms with Crippen molar-refractivity contribution in [2.24, 2.45) is 11.8 Å². The lowest BCUT2D eigenvalue weighted by Gasteiger charge is -2.35. The van der Waals surface area contributed by atoms with Gasteiger partial charge in [-0.3, -0.25) is 4.79 Å². The van der Waals surface area contributed by atoms with E-state index in [0.29, 0.717) is 34.7 Å². The molecule has 7 heteroatoms. The van der Waals surface area contributed by atoms with E-state index in [2.05, 4.69) is 20.2 Å². The Morgan fingerprint density at radius 2 is 1.89 bits per heavy atom. The fraction of sp³-hybridized carbons (Fsp3) is 0.517. The van der Waals surface area contributed by atoms with Crippen LogP contribution in [-0.4, -0.2) is 53.6 Å². The van der Waals surface area contributed by atoms with Gasteiger partial charge in [-0.15, -0.1) is 0 Å². The summed E-state index contributed by atoms with van der Waals surface area (Å²) in [6, 6.07) is 11.1. The highest BCUT2D eigenvalue weighted by Crippen LogP contribution is 2.32. The molecule has 2 N–H and O–H groups in total. The molecule has 1 aliphatic carbocycles. The lowest BCUT2D eigenvalue weighted by Crippen LogP contribution is -2.40. The minimum absolute atomic E-state index is 0.0523. The highest BCUT2D eigenvalue weighted by molar-refractivity contribution is 6.31. The van der Waals surface area contributed by atoms with Gasteiger partial charge in [-0.25, -0.2) is 4.98 Å². The summed E-state index contributed by atoms with van der Waals surface area (Å²) >= 11 is 6.12. The number of carbonyl (C=O) groups is 1. The minimum Gasteiger partial charge on any atom is -0.493 e. The molecule has 36 heavy (non-hydrogen) atoms. The van der Waals surface area contributed by atoms with E-state index in [4.69, 9.17) is 16.3 Å². The Labute approximate surface area is 218 Å². The number of amides is 1. The number of aromatic amines is 1. The van der Waals surface area contributed by atoms with Crippen molar-refractivity contribution < 1.29 is 9.53 Å². The molecule has 0 radical (unpaired) electrons. The van der Waals surface area contributed by atoms with Gasteiger partial charge in [0, 0.05) is 23.7 Å². The Morgan fingerprint density at radius 3 is 2.67 bits per heavy atom. The highest BCUT2D eigenvalue weighted by atomic mass is 35.5. The van der Waals surface area contributed by atoms with Crippen molar-refractivity contribution in [1.82, 2.24) is 20.2 Å². The van der Waals surface area contributed by atoms with Gasteiger partial charge in [-0.1, -0.05) is 30.9 Å². The number of H-pyrrole nitrogens is 1. The maximum Gasteiger partial charge on any atom is 0.251 e. The zero-order valence-electron chi connectivity index (χ0n) is 21.2. The van der Waals surface area contributed by atoms with Crippen molar-refractivity contribution in [2.45, 2.75) is 51.9 Å². The van der Waals surface area contributed by atoms with Crippen LogP contribution in [-0.2, 0) is 0 Å². The number of nitrogens with one attached hydrogen (secondary N) is 2. The lowest BCUT2D eigenvalue weighted by atomic mass is 9.88. The maximum atomic E-state index is 13.0. The number of rotatable bonds is 8. The zero-order valence-corrected chi connectivity index (χ0v) is 21.9. The summed E-state index contributed by atoms with van der Waals surface area (Å²) in [4.78, 5) is 23.6. The molecular formula is C29H37ClN4O2. The average molecular weight is 509 g/mol. The second-order valence-corrected chi connectivity index (χ2v) is 10.8. The fourth-order valence-electron chi connectivity index (χ4n) is 5.69. The summed E-state index contributed by atoms with van der Waals surface area (Å²) in [5.41, 5.74) is 3.14. The van der Waals surface area contributed by atoms with Crippen LogP contribution in [0.3, 0.4) is 0 Å². The van der Waals surface area contributed by atoms with E-state index < -0.39 is 0 Å². The average Bonchev–Trinajstić information content (AvgIpc) is 3.32. The number of likely N-dealkylation sites (tertiary alicyclic amines) is 1. The van der Waals surface area contributed by atoms with Crippen LogP contribution in [0, 0.1) is 11.8 Å². The first-order valence-corrected chi connectivity index (χ1v) is 13.9. The number of carbonyl (C=O) groups excluding carboxylic acids is 1. The van der Waals surface area contributed by atoms with Gasteiger partial charge in [0.15, 0.2) is 0 Å². The molecule has 3 aromatic rings. The SMILES string of the molecule is CCOc1cc(C(=O)NCC2CCN(CC3CCCCC3)CC2)ccc1-c1nc2ccc(Cl)cc2[nH]1. The molecule has 0 bridgehead atoms. The molecule has 6 nitrogen and oxygen atoms in total. The molecule has 0 unspecified atom stereocenters. The first kappa shape index (κ1) is 25.1. The lowest BCUT2D eigenvalue weighted by molar-refractivity contribution is 0.0930. The Morgan fingerprint density at radius 1 is 1.08 bits per heavy atom. The molecule has 0 atom stereocenters. The molecule has 1 aromatic heterocycles. The molecule has 2 heterocycles. The first-order valence-electron chi connectivity index (χ1n) is 13.5. The molecule has 1 saturated carbocycles. The second-order valence-electron chi connectivity index (χ2n) is 10.3. The van der Waals surface area contributed by atoms with Crippen LogP contribution < -0.4 is 10.1 Å². The van der Waals surface area contributed by atoms with Crippen LogP contribution in [0.1, 0.15) is 62.2 Å². The molecule has 2 fully saturated rings. The predicted molar refractivity (Wildman–Crippen MR) is 146 cm³/mol. The second kappa shape index (κ2) is 11.7. The van der Waals surface area contributed by atoms with Crippen molar-refractivity contribution in [1.29, 1.82) is 0 Å². The molecule has 2 aromatic carbocycles. The van der Waals surface area contributed by atoms with E-state index >= 15 is 0 Å². The third-order valence-corrected chi connectivity index (χ3v) is 7.98. The van der Waals surface area contributed by atoms with E-state index in [9.17, 15) is 4.79 Å². The van der Waals surface area contributed by atoms with Crippen molar-refractivity contribution in [3.05, 3.63) is 47.0 Å². The van der Waals surface area contributed by atoms with Crippen LogP contribution in [0.15, 0.2) is 36.4 Å². The Kier molecular flexibility index (Phi) is 8.12. The molecule has 1 saturated heterocycles. The number of hydrogen-bond donors (Lipinski definition) is 2. The van der Waals surface area contributed by atoms with Gasteiger partial charge in [0.1, 0.15) is 11.6 Å². The summed E-state index contributed by atoms with van der Waals surface area (Å²) in [7, 11) is 0. The molecular weight excluding hydrogens is 472 g/mol. The largest absolute Gasteiger partial charge is 0.493 e. The van der Waals surface area contributed by atoms with Crippen molar-refractivity contribution in [3.8, 4) is 17.1 Å². The number of piperidine rings is 1. The van der Waals surface area contributed by atoms with Crippen LogP contribution in [0.4, 0.5) is 0 Å². The van der Waals surface area contributed by atoms with Crippen LogP contribution in [0.25, 0.3) is 22.4 Å². The highest BCUT2D eigenvalue weighted by Gasteiger charge is 2.23. The normalized spacial score (nSPS) is 17.9. The molecule has 2 aliphatic rings. The van der Waals surface area contributed by atoms with E-state index in [0.717, 1.165) is 55.0 Å². The number of halogens is 1. The molecule has 192 valence electrons. The van der Waals surface area contributed by atoms with Gasteiger partial charge in [0.05, 0.1) is 23.2 Å². The van der Waals surface area contributed by atoms with Crippen molar-refractivity contribution >= 4 is 28.5 Å². The third kappa shape index (κ3) is 6.04. The molecule has 1 amide bonds. The van der Waals surface area contributed by atoms with Gasteiger partial charge in [-0.2, -0.15) is 0 Å². The zero-order chi connectivity index (χ0) is 24.9. The number of hydrogen-bond acceptors (Lipinski definition) is 4. The Balaban J connectivity index is 1.18. The van der Waals surface area contributed by atoms with E-state index in [1.54, 1.807) is 0 Å². The summed E-state index contributed by atoms with van der Waals surface area (Å²) in [5, 5.41) is 3.83. The van der Waals surface area contributed by atoms with Crippen molar-refractivity contribution in [3.63, 3.8) is 0 Å². The number of aromatic nitrogens is 2. The Hall–Kier alpha value is -2.57. The van der Waals surface area contributed by atoms with Crippen LogP contribution >= 0.6 is 11.6 Å². The maximum absolute atomic E-state index is 13.0. The first-order chi connectivity index (χ1) is 17.6. The van der Waals surface area contributed by atoms with Crippen LogP contribution in [0.5, 0.6) is 5.75 Å². The summed E-state index contributed by atoms with van der Waals surface area (Å²) in [6.45, 7) is 6.75. The third-order valence-electron chi connectivity index (χ3n) is 7.74. The van der Waals surface area contributed by atoms with E-state index in [-0.39, 0.29) is 5.91 Å². The standard InChI is InChI=1S/C29H37ClN4O2/c1-2-36-27-16-22(8-10-24(27)28-32-25-11-9-23(30)17-26(25)33-28)29(35)31-18-20-12-14-34(15-13-20)19-21-6-4-3-5-7-21/h8-11,16-17,20-21H,2-7,12-15,18-19H2,1H3,(H,31,35)(H,32,33). The predicted octanol–water partition coefficient (Wildman–Crippen LogP) is 6.30. The number of ether oxygens (including phenoxy) is 1. The summed E-state index contributed by atoms with van der Waals surface area (Å²) in [6.07, 6.45) is 9.37. The summed E-state index contributed by atoms with van der Waals surface area (Å²) < 4.78 is 5.90. The molecule has 0 spiro atoms. The molecule has 5 rings (SSSR count). The summed E-state index contributed by atoms with van der Waals surface area (Å²) in [5.74, 6) is 2.73. The van der Waals surface area contributed by atoms with Gasteiger partial charge in [-0.05, 0) is 93.9 Å². The van der Waals surface area contributed by atoms with Gasteiger partial charge < -0.3 is 19.9 Å². The van der Waals surface area contributed by atoms with Gasteiger partial charge in [0.25, 0.3) is 5.91 Å². The van der Waals surface area contributed by atoms with Gasteiger partial charge in [0.2, 0.25) is 0 Å². The number of imidazole rings is 1. The number of benzene rings is 2. The van der Waals surface area contributed by atoms with E-state index in [1.807, 2.05) is 43.3 Å². The Bertz CT molecular complexity index is 1180. The number of fused-ring (bicyclic) bond motifs is 1. The monoisotopic (exact) mass is 508 g/mol. The van der Waals surface area contributed by atoms with E-state index in [1.165, 1.54) is 38.6 Å². The van der Waals surface area contributed by atoms with Crippen LogP contribution in [0.2, 0.25) is 5.02 Å². The topological polar surface area (TPSA) is 70.2 Å². The smallest absolute Gasteiger partial charge is 0.251 e. The van der Waals surface area contributed by atoms with Gasteiger partial charge >= 0.3 is 0 Å². The quantitative estimate of drug-likeness (QED) is 0.374. The minimum atomic E-state index is -0.0523. The fourth-order valence-corrected chi connectivity index (χ4v) is 5.86. The number of nitrogens with zero attached hydrogens (tertiary/aromatic N) is 2. The molecule has 1 aliphatic heterocycles.